The van der Waals surface area contributed by atoms with Crippen LogP contribution in [0.2, 0.25) is 0 Å². The number of carbonyl (C=O) groups excluding carboxylic acids is 4. The van der Waals surface area contributed by atoms with E-state index in [1.54, 1.807) is 27.7 Å². The highest BCUT2D eigenvalue weighted by molar-refractivity contribution is 7.99. The summed E-state index contributed by atoms with van der Waals surface area (Å²) in [7, 11) is 0. The van der Waals surface area contributed by atoms with Gasteiger partial charge in [-0.1, -0.05) is 12.8 Å². The van der Waals surface area contributed by atoms with Crippen LogP contribution in [0.5, 0.6) is 0 Å². The SMILES string of the molecule is CCOC(=O)C1CCSC[C@H](NC(=O)OC(C)(C)C)C(=O)NCCC2(CCCC2)C(=O)N1. The lowest BCUT2D eigenvalue weighted by Gasteiger charge is -2.30. The van der Waals surface area contributed by atoms with Crippen molar-refractivity contribution >= 4 is 35.6 Å². The molecular weight excluding hydrogens is 434 g/mol. The van der Waals surface area contributed by atoms with Crippen molar-refractivity contribution in [1.29, 1.82) is 0 Å². The van der Waals surface area contributed by atoms with E-state index >= 15 is 0 Å². The van der Waals surface area contributed by atoms with Crippen molar-refractivity contribution in [2.75, 3.05) is 24.7 Å². The van der Waals surface area contributed by atoms with Crippen molar-refractivity contribution < 1.29 is 28.7 Å². The van der Waals surface area contributed by atoms with Gasteiger partial charge in [-0.15, -0.1) is 0 Å². The fraction of sp³-hybridized carbons (Fsp3) is 0.818. The van der Waals surface area contributed by atoms with Crippen molar-refractivity contribution in [2.45, 2.75) is 83.9 Å². The van der Waals surface area contributed by atoms with Crippen LogP contribution in [0.15, 0.2) is 0 Å². The van der Waals surface area contributed by atoms with E-state index in [2.05, 4.69) is 16.0 Å². The summed E-state index contributed by atoms with van der Waals surface area (Å²) in [6.07, 6.45) is 3.51. The maximum absolute atomic E-state index is 13.2. The largest absolute Gasteiger partial charge is 0.464 e. The molecule has 2 aliphatic rings. The number of esters is 1. The topological polar surface area (TPSA) is 123 Å². The number of carbonyl (C=O) groups is 4. The van der Waals surface area contributed by atoms with Crippen LogP contribution in [0.4, 0.5) is 4.79 Å². The van der Waals surface area contributed by atoms with E-state index in [0.29, 0.717) is 30.9 Å². The Balaban J connectivity index is 2.15. The molecule has 0 bridgehead atoms. The van der Waals surface area contributed by atoms with E-state index in [-0.39, 0.29) is 18.4 Å². The van der Waals surface area contributed by atoms with E-state index in [9.17, 15) is 19.2 Å². The minimum absolute atomic E-state index is 0.144. The molecule has 9 nitrogen and oxygen atoms in total. The molecule has 1 aliphatic carbocycles. The van der Waals surface area contributed by atoms with Gasteiger partial charge in [0.25, 0.3) is 0 Å². The highest BCUT2D eigenvalue weighted by Crippen LogP contribution is 2.41. The highest BCUT2D eigenvalue weighted by Gasteiger charge is 2.42. The zero-order chi connectivity index (χ0) is 23.8. The van der Waals surface area contributed by atoms with E-state index in [1.807, 2.05) is 0 Å². The summed E-state index contributed by atoms with van der Waals surface area (Å²) in [5.74, 6) is -0.0637. The highest BCUT2D eigenvalue weighted by atomic mass is 32.2. The molecule has 3 N–H and O–H groups in total. The standard InChI is InChI=1S/C22H37N3O6S/c1-5-30-18(27)15-8-13-32-14-16(25-20(29)31-21(2,3)4)17(26)23-12-11-22(19(28)24-15)9-6-7-10-22/h15-16H,5-14H2,1-4H3,(H,23,26)(H,24,28)(H,25,29)/t15?,16-/m0/s1. The van der Waals surface area contributed by atoms with Gasteiger partial charge in [0.05, 0.1) is 12.0 Å². The first kappa shape index (κ1) is 26.3. The van der Waals surface area contributed by atoms with Gasteiger partial charge in [0.15, 0.2) is 0 Å². The minimum Gasteiger partial charge on any atom is -0.464 e. The predicted molar refractivity (Wildman–Crippen MR) is 122 cm³/mol. The van der Waals surface area contributed by atoms with E-state index in [4.69, 9.17) is 9.47 Å². The molecule has 0 aromatic rings. The summed E-state index contributed by atoms with van der Waals surface area (Å²) in [6.45, 7) is 7.56. The van der Waals surface area contributed by atoms with Gasteiger partial charge in [-0.3, -0.25) is 9.59 Å². The molecule has 2 rings (SSSR count). The average molecular weight is 472 g/mol. The molecule has 0 aromatic carbocycles. The Morgan fingerprint density at radius 2 is 1.88 bits per heavy atom. The fourth-order valence-corrected chi connectivity index (χ4v) is 5.07. The summed E-state index contributed by atoms with van der Waals surface area (Å²) in [6, 6.07) is -1.51. The smallest absolute Gasteiger partial charge is 0.408 e. The van der Waals surface area contributed by atoms with Crippen LogP contribution in [0.3, 0.4) is 0 Å². The first-order chi connectivity index (χ1) is 15.1. The third-order valence-corrected chi connectivity index (χ3v) is 6.76. The summed E-state index contributed by atoms with van der Waals surface area (Å²) < 4.78 is 10.5. The Labute approximate surface area is 194 Å². The molecule has 1 spiro atoms. The molecule has 182 valence electrons. The summed E-state index contributed by atoms with van der Waals surface area (Å²) in [5, 5.41) is 8.44. The van der Waals surface area contributed by atoms with Crippen molar-refractivity contribution in [3.63, 3.8) is 0 Å². The van der Waals surface area contributed by atoms with Gasteiger partial charge in [0, 0.05) is 12.3 Å². The normalized spacial score (nSPS) is 24.9. The molecule has 1 aliphatic heterocycles. The van der Waals surface area contributed by atoms with Crippen LogP contribution in [0.1, 0.15) is 66.2 Å². The molecule has 1 saturated carbocycles. The Hall–Kier alpha value is -1.97. The van der Waals surface area contributed by atoms with Crippen LogP contribution in [-0.4, -0.2) is 66.2 Å². The zero-order valence-corrected chi connectivity index (χ0v) is 20.4. The van der Waals surface area contributed by atoms with Gasteiger partial charge < -0.3 is 25.4 Å². The molecule has 1 saturated heterocycles. The number of hydrogen-bond donors (Lipinski definition) is 3. The Bertz CT molecular complexity index is 688. The molecule has 10 heteroatoms. The van der Waals surface area contributed by atoms with Gasteiger partial charge in [-0.2, -0.15) is 11.8 Å². The van der Waals surface area contributed by atoms with E-state index in [1.165, 1.54) is 11.8 Å². The van der Waals surface area contributed by atoms with Crippen LogP contribution in [0.25, 0.3) is 0 Å². The molecule has 1 unspecified atom stereocenters. The number of hydrogen-bond acceptors (Lipinski definition) is 7. The lowest BCUT2D eigenvalue weighted by Crippen LogP contribution is -2.51. The molecule has 3 amide bonds. The second kappa shape index (κ2) is 11.8. The Kier molecular flexibility index (Phi) is 9.66. The monoisotopic (exact) mass is 471 g/mol. The van der Waals surface area contributed by atoms with E-state index in [0.717, 1.165) is 25.7 Å². The van der Waals surface area contributed by atoms with Crippen molar-refractivity contribution in [1.82, 2.24) is 16.0 Å². The Morgan fingerprint density at radius 1 is 1.19 bits per heavy atom. The maximum atomic E-state index is 13.2. The van der Waals surface area contributed by atoms with Gasteiger partial charge in [-0.25, -0.2) is 9.59 Å². The number of amides is 3. The average Bonchev–Trinajstić information content (AvgIpc) is 3.17. The van der Waals surface area contributed by atoms with Crippen molar-refractivity contribution in [2.24, 2.45) is 5.41 Å². The molecule has 2 fully saturated rings. The van der Waals surface area contributed by atoms with Gasteiger partial charge in [0.1, 0.15) is 17.7 Å². The lowest BCUT2D eigenvalue weighted by atomic mass is 9.81. The number of ether oxygens (including phenoxy) is 2. The third-order valence-electron chi connectivity index (χ3n) is 5.66. The second-order valence-electron chi connectivity index (χ2n) is 9.37. The summed E-state index contributed by atoms with van der Waals surface area (Å²) >= 11 is 1.42. The summed E-state index contributed by atoms with van der Waals surface area (Å²) in [5.41, 5.74) is -1.28. The van der Waals surface area contributed by atoms with Gasteiger partial charge in [-0.05, 0) is 59.1 Å². The minimum atomic E-state index is -0.778. The van der Waals surface area contributed by atoms with Crippen LogP contribution < -0.4 is 16.0 Å². The van der Waals surface area contributed by atoms with Gasteiger partial charge in [0.2, 0.25) is 11.8 Å². The predicted octanol–water partition coefficient (Wildman–Crippen LogP) is 2.13. The number of rotatable bonds is 3. The number of thioether (sulfide) groups is 1. The molecular formula is C22H37N3O6S. The Morgan fingerprint density at radius 3 is 2.50 bits per heavy atom. The van der Waals surface area contributed by atoms with Crippen molar-refractivity contribution in [3.05, 3.63) is 0 Å². The fourth-order valence-electron chi connectivity index (χ4n) is 4.03. The number of nitrogens with one attached hydrogen (secondary N) is 3. The molecule has 0 aromatic heterocycles. The first-order valence-corrected chi connectivity index (χ1v) is 12.5. The maximum Gasteiger partial charge on any atom is 0.408 e. The van der Waals surface area contributed by atoms with Gasteiger partial charge >= 0.3 is 12.1 Å². The van der Waals surface area contributed by atoms with Crippen molar-refractivity contribution in [3.8, 4) is 0 Å². The molecule has 2 atom stereocenters. The third kappa shape index (κ3) is 7.86. The lowest BCUT2D eigenvalue weighted by molar-refractivity contribution is -0.149. The van der Waals surface area contributed by atoms with Crippen LogP contribution >= 0.6 is 11.8 Å². The van der Waals surface area contributed by atoms with Crippen LogP contribution in [0, 0.1) is 5.41 Å². The molecule has 1 heterocycles. The summed E-state index contributed by atoms with van der Waals surface area (Å²) in [4.78, 5) is 50.6. The quantitative estimate of drug-likeness (QED) is 0.539. The molecule has 0 radical (unpaired) electrons. The zero-order valence-electron chi connectivity index (χ0n) is 19.6. The van der Waals surface area contributed by atoms with Crippen LogP contribution in [-0.2, 0) is 23.9 Å². The second-order valence-corrected chi connectivity index (χ2v) is 10.5. The number of alkyl carbamates (subject to hydrolysis) is 1. The molecule has 32 heavy (non-hydrogen) atoms. The van der Waals surface area contributed by atoms with E-state index < -0.39 is 35.2 Å². The first-order valence-electron chi connectivity index (χ1n) is 11.4.